The van der Waals surface area contributed by atoms with Gasteiger partial charge in [-0.2, -0.15) is 0 Å². The quantitative estimate of drug-likeness (QED) is 0.876. The first-order chi connectivity index (χ1) is 7.90. The predicted molar refractivity (Wildman–Crippen MR) is 68.2 cm³/mol. The van der Waals surface area contributed by atoms with Gasteiger partial charge in [-0.15, -0.1) is 0 Å². The van der Waals surface area contributed by atoms with E-state index in [1.165, 1.54) is 0 Å². The largest absolute Gasteiger partial charge is 0.497 e. The Hall–Kier alpha value is -1.06. The Bertz CT molecular complexity index is 337. The molecule has 17 heavy (non-hydrogen) atoms. The molecule has 0 radical (unpaired) electrons. The molecule has 0 fully saturated rings. The maximum Gasteiger partial charge on any atom is 0.118 e. The normalized spacial score (nSPS) is 15.4. The molecule has 96 valence electrons. The molecule has 2 atom stereocenters. The van der Waals surface area contributed by atoms with Crippen molar-refractivity contribution in [3.05, 3.63) is 29.8 Å². The Morgan fingerprint density at radius 3 is 1.94 bits per heavy atom. The van der Waals surface area contributed by atoms with Crippen LogP contribution in [0.1, 0.15) is 32.4 Å². The molecule has 0 bridgehead atoms. The van der Waals surface area contributed by atoms with Crippen molar-refractivity contribution in [2.45, 2.75) is 33.0 Å². The Morgan fingerprint density at radius 1 is 1.06 bits per heavy atom. The van der Waals surface area contributed by atoms with E-state index in [0.29, 0.717) is 0 Å². The van der Waals surface area contributed by atoms with E-state index in [1.807, 2.05) is 45.0 Å². The van der Waals surface area contributed by atoms with E-state index in [0.717, 1.165) is 11.3 Å². The first kappa shape index (κ1) is 14.0. The number of hydrogen-bond donors (Lipinski definition) is 1. The van der Waals surface area contributed by atoms with Crippen molar-refractivity contribution in [2.24, 2.45) is 5.41 Å². The molecule has 0 aliphatic carbocycles. The van der Waals surface area contributed by atoms with Crippen molar-refractivity contribution in [2.75, 3.05) is 14.2 Å². The minimum atomic E-state index is -0.633. The van der Waals surface area contributed by atoms with Gasteiger partial charge in [0.05, 0.1) is 13.2 Å². The van der Waals surface area contributed by atoms with Gasteiger partial charge >= 0.3 is 0 Å². The lowest BCUT2D eigenvalue weighted by Gasteiger charge is -2.33. The topological polar surface area (TPSA) is 38.7 Å². The van der Waals surface area contributed by atoms with Crippen LogP contribution in [0.3, 0.4) is 0 Å². The van der Waals surface area contributed by atoms with Gasteiger partial charge in [0.25, 0.3) is 0 Å². The third-order valence-electron chi connectivity index (χ3n) is 2.85. The number of aliphatic hydroxyl groups excluding tert-OH is 1. The van der Waals surface area contributed by atoms with Gasteiger partial charge in [-0.25, -0.2) is 0 Å². The van der Waals surface area contributed by atoms with Gasteiger partial charge in [0.15, 0.2) is 0 Å². The lowest BCUT2D eigenvalue weighted by atomic mass is 9.83. The van der Waals surface area contributed by atoms with Crippen LogP contribution in [0.4, 0.5) is 0 Å². The Morgan fingerprint density at radius 2 is 1.59 bits per heavy atom. The highest BCUT2D eigenvalue weighted by Gasteiger charge is 2.32. The molecule has 0 aliphatic heterocycles. The molecule has 0 aliphatic rings. The number of benzene rings is 1. The number of methoxy groups -OCH3 is 2. The van der Waals surface area contributed by atoms with E-state index in [-0.39, 0.29) is 11.5 Å². The van der Waals surface area contributed by atoms with E-state index < -0.39 is 6.10 Å². The molecule has 0 saturated carbocycles. The zero-order chi connectivity index (χ0) is 13.1. The van der Waals surface area contributed by atoms with Crippen LogP contribution in [0.2, 0.25) is 0 Å². The molecule has 3 nitrogen and oxygen atoms in total. The molecule has 0 heterocycles. The first-order valence-corrected chi connectivity index (χ1v) is 5.75. The number of hydrogen-bond acceptors (Lipinski definition) is 3. The van der Waals surface area contributed by atoms with Crippen molar-refractivity contribution in [1.82, 2.24) is 0 Å². The third kappa shape index (κ3) is 3.45. The monoisotopic (exact) mass is 238 g/mol. The van der Waals surface area contributed by atoms with Crippen LogP contribution >= 0.6 is 0 Å². The summed E-state index contributed by atoms with van der Waals surface area (Å²) in [5, 5.41) is 10.3. The molecule has 1 aromatic rings. The van der Waals surface area contributed by atoms with Crippen molar-refractivity contribution in [3.8, 4) is 5.75 Å². The minimum Gasteiger partial charge on any atom is -0.497 e. The minimum absolute atomic E-state index is 0.117. The standard InChI is InChI=1S/C14H22O3/c1-14(2,3)13(17-5)12(15)10-6-8-11(16-4)9-7-10/h6-9,12-13,15H,1-5H3. The van der Waals surface area contributed by atoms with Crippen LogP contribution in [0.25, 0.3) is 0 Å². The van der Waals surface area contributed by atoms with Gasteiger partial charge in [0.1, 0.15) is 11.9 Å². The summed E-state index contributed by atoms with van der Waals surface area (Å²) in [4.78, 5) is 0. The molecule has 0 aromatic heterocycles. The maximum absolute atomic E-state index is 10.3. The molecule has 1 aromatic carbocycles. The van der Waals surface area contributed by atoms with Crippen molar-refractivity contribution in [1.29, 1.82) is 0 Å². The average molecular weight is 238 g/mol. The lowest BCUT2D eigenvalue weighted by molar-refractivity contribution is -0.0724. The summed E-state index contributed by atoms with van der Waals surface area (Å²) in [6.07, 6.45) is -0.873. The summed E-state index contributed by atoms with van der Waals surface area (Å²) in [6, 6.07) is 7.41. The SMILES string of the molecule is COc1ccc(C(O)C(OC)C(C)(C)C)cc1. The zero-order valence-electron chi connectivity index (χ0n) is 11.2. The zero-order valence-corrected chi connectivity index (χ0v) is 11.2. The third-order valence-corrected chi connectivity index (χ3v) is 2.85. The number of aliphatic hydroxyl groups is 1. The highest BCUT2D eigenvalue weighted by Crippen LogP contribution is 2.32. The smallest absolute Gasteiger partial charge is 0.118 e. The lowest BCUT2D eigenvalue weighted by Crippen LogP contribution is -2.34. The van der Waals surface area contributed by atoms with Crippen molar-refractivity contribution in [3.63, 3.8) is 0 Å². The second-order valence-corrected chi connectivity index (χ2v) is 5.24. The van der Waals surface area contributed by atoms with Gasteiger partial charge in [-0.05, 0) is 23.1 Å². The fraction of sp³-hybridized carbons (Fsp3) is 0.571. The first-order valence-electron chi connectivity index (χ1n) is 5.75. The summed E-state index contributed by atoms with van der Waals surface area (Å²) < 4.78 is 10.5. The van der Waals surface area contributed by atoms with Crippen LogP contribution in [-0.4, -0.2) is 25.4 Å². The van der Waals surface area contributed by atoms with Crippen LogP contribution < -0.4 is 4.74 Å². The molecule has 1 rings (SSSR count). The number of rotatable bonds is 4. The summed E-state index contributed by atoms with van der Waals surface area (Å²) >= 11 is 0. The van der Waals surface area contributed by atoms with Gasteiger partial charge in [0, 0.05) is 7.11 Å². The van der Waals surface area contributed by atoms with Gasteiger partial charge in [-0.3, -0.25) is 0 Å². The fourth-order valence-electron chi connectivity index (χ4n) is 1.93. The molecule has 0 spiro atoms. The van der Waals surface area contributed by atoms with Crippen LogP contribution in [0.5, 0.6) is 5.75 Å². The Kier molecular flexibility index (Phi) is 4.54. The predicted octanol–water partition coefficient (Wildman–Crippen LogP) is 2.79. The van der Waals surface area contributed by atoms with E-state index in [1.54, 1.807) is 14.2 Å². The van der Waals surface area contributed by atoms with E-state index in [9.17, 15) is 5.11 Å². The van der Waals surface area contributed by atoms with Crippen LogP contribution in [0, 0.1) is 5.41 Å². The van der Waals surface area contributed by atoms with E-state index in [2.05, 4.69) is 0 Å². The van der Waals surface area contributed by atoms with Crippen LogP contribution in [-0.2, 0) is 4.74 Å². The van der Waals surface area contributed by atoms with Crippen LogP contribution in [0.15, 0.2) is 24.3 Å². The summed E-state index contributed by atoms with van der Waals surface area (Å²) in [6.45, 7) is 6.15. The molecule has 1 N–H and O–H groups in total. The number of ether oxygens (including phenoxy) is 2. The molecule has 3 heteroatoms. The second kappa shape index (κ2) is 5.52. The summed E-state index contributed by atoms with van der Waals surface area (Å²) in [7, 11) is 3.25. The molecule has 0 saturated heterocycles. The second-order valence-electron chi connectivity index (χ2n) is 5.24. The fourth-order valence-corrected chi connectivity index (χ4v) is 1.93. The van der Waals surface area contributed by atoms with E-state index >= 15 is 0 Å². The highest BCUT2D eigenvalue weighted by molar-refractivity contribution is 5.29. The molecule has 0 amide bonds. The van der Waals surface area contributed by atoms with Gasteiger partial charge in [0.2, 0.25) is 0 Å². The summed E-state index contributed by atoms with van der Waals surface area (Å²) in [5.41, 5.74) is 0.723. The Balaban J connectivity index is 2.90. The maximum atomic E-state index is 10.3. The van der Waals surface area contributed by atoms with Crippen molar-refractivity contribution >= 4 is 0 Å². The van der Waals surface area contributed by atoms with Gasteiger partial charge in [-0.1, -0.05) is 32.9 Å². The average Bonchev–Trinajstić information content (AvgIpc) is 2.28. The van der Waals surface area contributed by atoms with E-state index in [4.69, 9.17) is 9.47 Å². The summed E-state index contributed by atoms with van der Waals surface area (Å²) in [5.74, 6) is 0.783. The van der Waals surface area contributed by atoms with Gasteiger partial charge < -0.3 is 14.6 Å². The molecule has 2 unspecified atom stereocenters. The Labute approximate surface area is 103 Å². The molecular weight excluding hydrogens is 216 g/mol. The molecular formula is C14H22O3. The highest BCUT2D eigenvalue weighted by atomic mass is 16.5. The van der Waals surface area contributed by atoms with Crippen molar-refractivity contribution < 1.29 is 14.6 Å².